The van der Waals surface area contributed by atoms with E-state index in [-0.39, 0.29) is 11.7 Å². The molecule has 4 rings (SSSR count). The lowest BCUT2D eigenvalue weighted by atomic mass is 9.71. The van der Waals surface area contributed by atoms with Gasteiger partial charge in [-0.05, 0) is 43.7 Å². The zero-order valence-electron chi connectivity index (χ0n) is 13.6. The highest BCUT2D eigenvalue weighted by atomic mass is 19.1. The van der Waals surface area contributed by atoms with Crippen LogP contribution in [0.5, 0.6) is 0 Å². The van der Waals surface area contributed by atoms with Crippen LogP contribution in [-0.2, 0) is 11.2 Å². The molecule has 1 aromatic carbocycles. The third-order valence-corrected chi connectivity index (χ3v) is 5.94. The first-order valence-corrected chi connectivity index (χ1v) is 8.95. The van der Waals surface area contributed by atoms with Crippen molar-refractivity contribution in [2.24, 2.45) is 5.41 Å². The molecule has 124 valence electrons. The van der Waals surface area contributed by atoms with Gasteiger partial charge in [-0.1, -0.05) is 24.6 Å². The minimum atomic E-state index is -0.401. The van der Waals surface area contributed by atoms with Gasteiger partial charge in [0.15, 0.2) is 0 Å². The van der Waals surface area contributed by atoms with Gasteiger partial charge in [-0.25, -0.2) is 4.39 Å². The molecule has 2 heterocycles. The summed E-state index contributed by atoms with van der Waals surface area (Å²) in [6, 6.07) is 7.59. The first-order chi connectivity index (χ1) is 11.2. The van der Waals surface area contributed by atoms with Crippen molar-refractivity contribution in [3.63, 3.8) is 0 Å². The summed E-state index contributed by atoms with van der Waals surface area (Å²) in [4.78, 5) is 17.6. The van der Waals surface area contributed by atoms with Gasteiger partial charge in [-0.15, -0.1) is 0 Å². The molecule has 0 unspecified atom stereocenters. The molecular weight excluding hydrogens is 291 g/mol. The molecule has 23 heavy (non-hydrogen) atoms. The Balaban J connectivity index is 1.54. The van der Waals surface area contributed by atoms with Gasteiger partial charge in [0.25, 0.3) is 0 Å². The van der Waals surface area contributed by atoms with E-state index in [2.05, 4.69) is 4.90 Å². The van der Waals surface area contributed by atoms with Crippen LogP contribution in [0.3, 0.4) is 0 Å². The second-order valence-corrected chi connectivity index (χ2v) is 7.54. The lowest BCUT2D eigenvalue weighted by Crippen LogP contribution is -2.67. The summed E-state index contributed by atoms with van der Waals surface area (Å²) in [6.07, 6.45) is 6.57. The summed E-state index contributed by atoms with van der Waals surface area (Å²) < 4.78 is 14.1. The highest BCUT2D eigenvalue weighted by Gasteiger charge is 2.53. The van der Waals surface area contributed by atoms with Gasteiger partial charge in [0.1, 0.15) is 5.82 Å². The number of amides is 1. The van der Waals surface area contributed by atoms with Crippen molar-refractivity contribution in [3.05, 3.63) is 35.6 Å². The van der Waals surface area contributed by atoms with Crippen molar-refractivity contribution in [2.75, 3.05) is 26.2 Å². The molecule has 2 aliphatic heterocycles. The smallest absolute Gasteiger partial charge is 0.231 e. The molecule has 0 atom stereocenters. The SMILES string of the molecule is O=C(N1CCCC1)C1(Cc2ccccc2F)CN(C2CCC2)C1. The quantitative estimate of drug-likeness (QED) is 0.853. The van der Waals surface area contributed by atoms with Crippen LogP contribution >= 0.6 is 0 Å². The maximum atomic E-state index is 14.1. The lowest BCUT2D eigenvalue weighted by Gasteiger charge is -2.55. The zero-order chi connectivity index (χ0) is 15.9. The van der Waals surface area contributed by atoms with Gasteiger partial charge < -0.3 is 4.90 Å². The molecule has 0 radical (unpaired) electrons. The number of hydrogen-bond donors (Lipinski definition) is 0. The molecule has 0 bridgehead atoms. The topological polar surface area (TPSA) is 23.6 Å². The van der Waals surface area contributed by atoms with Crippen LogP contribution in [0.1, 0.15) is 37.7 Å². The molecule has 3 nitrogen and oxygen atoms in total. The number of hydrogen-bond acceptors (Lipinski definition) is 2. The molecule has 1 aliphatic carbocycles. The van der Waals surface area contributed by atoms with E-state index in [0.717, 1.165) is 39.0 Å². The van der Waals surface area contributed by atoms with Crippen LogP contribution in [0.25, 0.3) is 0 Å². The van der Waals surface area contributed by atoms with Crippen molar-refractivity contribution in [1.82, 2.24) is 9.80 Å². The Morgan fingerprint density at radius 2 is 1.83 bits per heavy atom. The molecule has 0 spiro atoms. The summed E-state index contributed by atoms with van der Waals surface area (Å²) >= 11 is 0. The van der Waals surface area contributed by atoms with Gasteiger partial charge in [-0.2, -0.15) is 0 Å². The Hall–Kier alpha value is -1.42. The standard InChI is InChI=1S/C19H25FN2O/c20-17-9-2-1-6-15(17)12-19(18(23)21-10-3-4-11-21)13-22(14-19)16-7-5-8-16/h1-2,6,9,16H,3-5,7-8,10-14H2. The maximum absolute atomic E-state index is 14.1. The fourth-order valence-electron chi connectivity index (χ4n) is 4.33. The monoisotopic (exact) mass is 316 g/mol. The predicted molar refractivity (Wildman–Crippen MR) is 87.6 cm³/mol. The number of benzene rings is 1. The van der Waals surface area contributed by atoms with E-state index >= 15 is 0 Å². The average molecular weight is 316 g/mol. The van der Waals surface area contributed by atoms with Crippen LogP contribution < -0.4 is 0 Å². The second kappa shape index (κ2) is 5.90. The van der Waals surface area contributed by atoms with Crippen molar-refractivity contribution in [3.8, 4) is 0 Å². The fourth-order valence-corrected chi connectivity index (χ4v) is 4.33. The van der Waals surface area contributed by atoms with Gasteiger partial charge in [0, 0.05) is 32.2 Å². The van der Waals surface area contributed by atoms with Crippen molar-refractivity contribution in [2.45, 2.75) is 44.6 Å². The van der Waals surface area contributed by atoms with Crippen LogP contribution in [0.2, 0.25) is 0 Å². The molecule has 1 amide bonds. The van der Waals surface area contributed by atoms with E-state index < -0.39 is 5.41 Å². The van der Waals surface area contributed by atoms with Crippen molar-refractivity contribution >= 4 is 5.91 Å². The fraction of sp³-hybridized carbons (Fsp3) is 0.632. The summed E-state index contributed by atoms with van der Waals surface area (Å²) in [6.45, 7) is 3.37. The van der Waals surface area contributed by atoms with Crippen LogP contribution in [0.4, 0.5) is 4.39 Å². The van der Waals surface area contributed by atoms with E-state index in [1.54, 1.807) is 6.07 Å². The van der Waals surface area contributed by atoms with E-state index in [4.69, 9.17) is 0 Å². The van der Waals surface area contributed by atoms with E-state index in [9.17, 15) is 9.18 Å². The molecule has 0 N–H and O–H groups in total. The molecule has 1 aromatic rings. The normalized spacial score (nSPS) is 24.3. The van der Waals surface area contributed by atoms with Crippen molar-refractivity contribution < 1.29 is 9.18 Å². The summed E-state index contributed by atoms with van der Waals surface area (Å²) in [5.74, 6) is 0.0806. The Morgan fingerprint density at radius 3 is 2.43 bits per heavy atom. The molecule has 1 saturated carbocycles. The number of halogens is 1. The maximum Gasteiger partial charge on any atom is 0.231 e. The van der Waals surface area contributed by atoms with Gasteiger partial charge in [0.2, 0.25) is 5.91 Å². The Bertz CT molecular complexity index is 587. The zero-order valence-corrected chi connectivity index (χ0v) is 13.6. The molecule has 4 heteroatoms. The Labute approximate surface area is 137 Å². The lowest BCUT2D eigenvalue weighted by molar-refractivity contribution is -0.156. The average Bonchev–Trinajstić information content (AvgIpc) is 2.98. The molecular formula is C19H25FN2O. The molecule has 3 aliphatic rings. The Kier molecular flexibility index (Phi) is 3.88. The van der Waals surface area contributed by atoms with Crippen LogP contribution in [-0.4, -0.2) is 47.9 Å². The number of carbonyl (C=O) groups is 1. The largest absolute Gasteiger partial charge is 0.342 e. The first kappa shape index (κ1) is 15.1. The molecule has 2 saturated heterocycles. The van der Waals surface area contributed by atoms with Crippen LogP contribution in [0.15, 0.2) is 24.3 Å². The highest BCUT2D eigenvalue weighted by molar-refractivity contribution is 5.85. The summed E-state index contributed by atoms with van der Waals surface area (Å²) in [5, 5.41) is 0. The number of carbonyl (C=O) groups excluding carboxylic acids is 1. The van der Waals surface area contributed by atoms with Crippen molar-refractivity contribution in [1.29, 1.82) is 0 Å². The predicted octanol–water partition coefficient (Wildman–Crippen LogP) is 2.85. The summed E-state index contributed by atoms with van der Waals surface area (Å²) in [7, 11) is 0. The van der Waals surface area contributed by atoms with E-state index in [1.807, 2.05) is 17.0 Å². The number of rotatable bonds is 4. The molecule has 3 fully saturated rings. The van der Waals surface area contributed by atoms with E-state index in [0.29, 0.717) is 18.0 Å². The number of nitrogens with zero attached hydrogens (tertiary/aromatic N) is 2. The number of likely N-dealkylation sites (tertiary alicyclic amines) is 2. The van der Waals surface area contributed by atoms with Crippen LogP contribution in [0, 0.1) is 11.2 Å². The summed E-state index contributed by atoms with van der Waals surface area (Å²) in [5.41, 5.74) is 0.288. The highest BCUT2D eigenvalue weighted by Crippen LogP contribution is 2.42. The minimum absolute atomic E-state index is 0.178. The second-order valence-electron chi connectivity index (χ2n) is 7.54. The minimum Gasteiger partial charge on any atom is -0.342 e. The molecule has 0 aromatic heterocycles. The van der Waals surface area contributed by atoms with E-state index in [1.165, 1.54) is 25.3 Å². The third kappa shape index (κ3) is 2.67. The van der Waals surface area contributed by atoms with Gasteiger partial charge in [0.05, 0.1) is 5.41 Å². The third-order valence-electron chi connectivity index (χ3n) is 5.94. The van der Waals surface area contributed by atoms with Gasteiger partial charge in [-0.3, -0.25) is 9.69 Å². The van der Waals surface area contributed by atoms with Gasteiger partial charge >= 0.3 is 0 Å². The Morgan fingerprint density at radius 1 is 1.13 bits per heavy atom. The first-order valence-electron chi connectivity index (χ1n) is 8.95.